The van der Waals surface area contributed by atoms with Crippen LogP contribution >= 0.6 is 0 Å². The van der Waals surface area contributed by atoms with Crippen molar-refractivity contribution < 1.29 is 17.6 Å². The molecule has 1 amide bonds. The minimum Gasteiger partial charge on any atom is -0.326 e. The molecule has 0 saturated heterocycles. The van der Waals surface area contributed by atoms with E-state index < -0.39 is 10.0 Å². The van der Waals surface area contributed by atoms with Gasteiger partial charge in [-0.05, 0) is 54.8 Å². The van der Waals surface area contributed by atoms with Crippen molar-refractivity contribution >= 4 is 21.6 Å². The summed E-state index contributed by atoms with van der Waals surface area (Å²) >= 11 is 0. The number of anilines is 1. The molecule has 0 spiro atoms. The van der Waals surface area contributed by atoms with E-state index in [1.54, 1.807) is 31.3 Å². The van der Waals surface area contributed by atoms with Crippen LogP contribution in [-0.2, 0) is 21.2 Å². The predicted molar refractivity (Wildman–Crippen MR) is 107 cm³/mol. The molecule has 0 aromatic heterocycles. The number of hydrogen-bond acceptors (Lipinski definition) is 3. The second-order valence-electron chi connectivity index (χ2n) is 7.19. The fourth-order valence-corrected chi connectivity index (χ4v) is 4.93. The molecular weight excluding hydrogens is 379 g/mol. The van der Waals surface area contributed by atoms with Crippen LogP contribution in [0.1, 0.15) is 37.7 Å². The van der Waals surface area contributed by atoms with Gasteiger partial charge in [-0.3, -0.25) is 4.79 Å². The molecule has 0 unspecified atom stereocenters. The van der Waals surface area contributed by atoms with Crippen LogP contribution in [0.25, 0.3) is 0 Å². The van der Waals surface area contributed by atoms with Gasteiger partial charge in [0.25, 0.3) is 0 Å². The lowest BCUT2D eigenvalue weighted by Gasteiger charge is -2.30. The van der Waals surface area contributed by atoms with Crippen LogP contribution in [0.2, 0.25) is 0 Å². The number of benzene rings is 2. The van der Waals surface area contributed by atoms with Crippen molar-refractivity contribution in [2.45, 2.75) is 49.5 Å². The van der Waals surface area contributed by atoms with E-state index in [1.807, 2.05) is 0 Å². The summed E-state index contributed by atoms with van der Waals surface area (Å²) in [6.07, 6.45) is 5.19. The number of rotatable bonds is 6. The van der Waals surface area contributed by atoms with Crippen molar-refractivity contribution in [1.82, 2.24) is 4.31 Å². The summed E-state index contributed by atoms with van der Waals surface area (Å²) in [6, 6.07) is 12.0. The standard InChI is InChI=1S/C21H25FN2O3S/c1-24(19-5-3-2-4-6-19)28(26,27)20-13-11-18(12-14-20)23-21(25)15-16-7-9-17(22)10-8-16/h7-14,19H,2-6,15H2,1H3,(H,23,25). The van der Waals surface area contributed by atoms with E-state index in [4.69, 9.17) is 0 Å². The minimum atomic E-state index is -3.55. The lowest BCUT2D eigenvalue weighted by molar-refractivity contribution is -0.115. The maximum Gasteiger partial charge on any atom is 0.243 e. The average Bonchev–Trinajstić information content (AvgIpc) is 2.70. The largest absolute Gasteiger partial charge is 0.326 e. The molecule has 0 radical (unpaired) electrons. The number of nitrogens with zero attached hydrogens (tertiary/aromatic N) is 1. The summed E-state index contributed by atoms with van der Waals surface area (Å²) in [6.45, 7) is 0. The van der Waals surface area contributed by atoms with E-state index in [-0.39, 0.29) is 29.1 Å². The highest BCUT2D eigenvalue weighted by molar-refractivity contribution is 7.89. The molecule has 0 atom stereocenters. The Morgan fingerprint density at radius 3 is 2.25 bits per heavy atom. The van der Waals surface area contributed by atoms with E-state index in [2.05, 4.69) is 5.32 Å². The van der Waals surface area contributed by atoms with Crippen LogP contribution in [-0.4, -0.2) is 31.7 Å². The summed E-state index contributed by atoms with van der Waals surface area (Å²) in [5, 5.41) is 2.74. The van der Waals surface area contributed by atoms with Crippen LogP contribution < -0.4 is 5.32 Å². The van der Waals surface area contributed by atoms with Crippen molar-refractivity contribution in [3.63, 3.8) is 0 Å². The molecule has 0 aliphatic heterocycles. The Hall–Kier alpha value is -2.25. The van der Waals surface area contributed by atoms with Crippen LogP contribution in [0.3, 0.4) is 0 Å². The van der Waals surface area contributed by atoms with Crippen LogP contribution in [0.5, 0.6) is 0 Å². The van der Waals surface area contributed by atoms with Gasteiger partial charge < -0.3 is 5.32 Å². The number of amides is 1. The van der Waals surface area contributed by atoms with Gasteiger partial charge in [-0.25, -0.2) is 12.8 Å². The lowest BCUT2D eigenvalue weighted by atomic mass is 9.96. The first-order valence-corrected chi connectivity index (χ1v) is 10.9. The number of sulfonamides is 1. The second kappa shape index (κ2) is 8.84. The Morgan fingerprint density at radius 2 is 1.64 bits per heavy atom. The summed E-state index contributed by atoms with van der Waals surface area (Å²) in [5.74, 6) is -0.597. The third kappa shape index (κ3) is 4.97. The van der Waals surface area contributed by atoms with E-state index in [1.165, 1.54) is 28.6 Å². The molecule has 0 heterocycles. The fraction of sp³-hybridized carbons (Fsp3) is 0.381. The van der Waals surface area contributed by atoms with E-state index in [0.717, 1.165) is 32.1 Å². The molecule has 28 heavy (non-hydrogen) atoms. The monoisotopic (exact) mass is 404 g/mol. The van der Waals surface area contributed by atoms with Crippen molar-refractivity contribution in [3.05, 3.63) is 59.9 Å². The van der Waals surface area contributed by atoms with Crippen molar-refractivity contribution in [1.29, 1.82) is 0 Å². The summed E-state index contributed by atoms with van der Waals surface area (Å²) in [5.41, 5.74) is 1.22. The molecule has 150 valence electrons. The molecule has 1 fully saturated rings. The van der Waals surface area contributed by atoms with Gasteiger partial charge in [0.1, 0.15) is 5.82 Å². The summed E-state index contributed by atoms with van der Waals surface area (Å²) in [4.78, 5) is 12.4. The van der Waals surface area contributed by atoms with Crippen LogP contribution in [0.15, 0.2) is 53.4 Å². The second-order valence-corrected chi connectivity index (χ2v) is 9.19. The molecule has 5 nitrogen and oxygen atoms in total. The summed E-state index contributed by atoms with van der Waals surface area (Å²) in [7, 11) is -1.91. The Bertz CT molecular complexity index is 906. The smallest absolute Gasteiger partial charge is 0.243 e. The molecule has 1 N–H and O–H groups in total. The zero-order valence-corrected chi connectivity index (χ0v) is 16.7. The highest BCUT2D eigenvalue weighted by atomic mass is 32.2. The predicted octanol–water partition coefficient (Wildman–Crippen LogP) is 3.96. The molecule has 7 heteroatoms. The number of carbonyl (C=O) groups excluding carboxylic acids is 1. The van der Waals surface area contributed by atoms with Gasteiger partial charge in [-0.15, -0.1) is 0 Å². The average molecular weight is 405 g/mol. The SMILES string of the molecule is CN(C1CCCCC1)S(=O)(=O)c1ccc(NC(=O)Cc2ccc(F)cc2)cc1. The Morgan fingerprint density at radius 1 is 1.04 bits per heavy atom. The zero-order chi connectivity index (χ0) is 20.1. The topological polar surface area (TPSA) is 66.5 Å². The first-order chi connectivity index (χ1) is 13.4. The molecule has 1 aliphatic rings. The van der Waals surface area contributed by atoms with Crippen molar-refractivity contribution in [2.24, 2.45) is 0 Å². The Balaban J connectivity index is 1.63. The van der Waals surface area contributed by atoms with Gasteiger partial charge in [0, 0.05) is 18.8 Å². The number of halogens is 1. The van der Waals surface area contributed by atoms with E-state index >= 15 is 0 Å². The molecule has 1 aliphatic carbocycles. The molecule has 0 bridgehead atoms. The summed E-state index contributed by atoms with van der Waals surface area (Å²) < 4.78 is 40.1. The zero-order valence-electron chi connectivity index (χ0n) is 15.9. The molecular formula is C21H25FN2O3S. The van der Waals surface area contributed by atoms with Gasteiger partial charge >= 0.3 is 0 Å². The van der Waals surface area contributed by atoms with Crippen molar-refractivity contribution in [3.8, 4) is 0 Å². The minimum absolute atomic E-state index is 0.0499. The number of carbonyl (C=O) groups is 1. The van der Waals surface area contributed by atoms with Crippen molar-refractivity contribution in [2.75, 3.05) is 12.4 Å². The number of hydrogen-bond donors (Lipinski definition) is 1. The normalized spacial score (nSPS) is 15.5. The molecule has 3 rings (SSSR count). The maximum absolute atomic E-state index is 12.9. The first kappa shape index (κ1) is 20.5. The van der Waals surface area contributed by atoms with Gasteiger partial charge in [0.05, 0.1) is 11.3 Å². The lowest BCUT2D eigenvalue weighted by Crippen LogP contribution is -2.38. The van der Waals surface area contributed by atoms with Gasteiger partial charge in [-0.2, -0.15) is 4.31 Å². The third-order valence-corrected chi connectivity index (χ3v) is 7.11. The maximum atomic E-state index is 12.9. The fourth-order valence-electron chi connectivity index (χ4n) is 3.51. The Kier molecular flexibility index (Phi) is 6.46. The van der Waals surface area contributed by atoms with Crippen LogP contribution in [0, 0.1) is 5.82 Å². The molecule has 1 saturated carbocycles. The van der Waals surface area contributed by atoms with E-state index in [9.17, 15) is 17.6 Å². The Labute approximate surface area is 165 Å². The van der Waals surface area contributed by atoms with E-state index in [0.29, 0.717) is 11.3 Å². The molecule has 2 aromatic rings. The van der Waals surface area contributed by atoms with Gasteiger partial charge in [0.2, 0.25) is 15.9 Å². The highest BCUT2D eigenvalue weighted by Crippen LogP contribution is 2.27. The quantitative estimate of drug-likeness (QED) is 0.792. The van der Waals surface area contributed by atoms with Gasteiger partial charge in [-0.1, -0.05) is 31.4 Å². The highest BCUT2D eigenvalue weighted by Gasteiger charge is 2.28. The first-order valence-electron chi connectivity index (χ1n) is 9.48. The third-order valence-electron chi connectivity index (χ3n) is 5.18. The molecule has 2 aromatic carbocycles. The van der Waals surface area contributed by atoms with Gasteiger partial charge in [0.15, 0.2) is 0 Å². The van der Waals surface area contributed by atoms with Crippen LogP contribution in [0.4, 0.5) is 10.1 Å². The number of nitrogens with one attached hydrogen (secondary N) is 1.